The summed E-state index contributed by atoms with van der Waals surface area (Å²) in [7, 11) is 0. The highest BCUT2D eigenvalue weighted by Crippen LogP contribution is 2.34. The highest BCUT2D eigenvalue weighted by molar-refractivity contribution is 5.60. The summed E-state index contributed by atoms with van der Waals surface area (Å²) in [6.45, 7) is 15.8. The second-order valence-corrected chi connectivity index (χ2v) is 4.21. The summed E-state index contributed by atoms with van der Waals surface area (Å²) in [6, 6.07) is 6.17. The first kappa shape index (κ1) is 10.8. The predicted octanol–water partition coefficient (Wildman–Crippen LogP) is 4.48. The van der Waals surface area contributed by atoms with Crippen LogP contribution >= 0.6 is 0 Å². The zero-order chi connectivity index (χ0) is 10.7. The molecular formula is C13H17N. The standard InChI is InChI=1S/C13H17N/c1-9(2)11-7-6-8-12(10(3)4)13(11)14-5/h6-10H,1-4H3. The van der Waals surface area contributed by atoms with Crippen LogP contribution in [0, 0.1) is 6.57 Å². The Morgan fingerprint density at radius 1 is 1.00 bits per heavy atom. The van der Waals surface area contributed by atoms with Crippen molar-refractivity contribution in [3.05, 3.63) is 40.7 Å². The van der Waals surface area contributed by atoms with E-state index in [0.717, 1.165) is 5.69 Å². The van der Waals surface area contributed by atoms with Crippen LogP contribution in [0.4, 0.5) is 5.69 Å². The number of hydrogen-bond donors (Lipinski definition) is 0. The van der Waals surface area contributed by atoms with Gasteiger partial charge < -0.3 is 0 Å². The van der Waals surface area contributed by atoms with Crippen LogP contribution in [0.3, 0.4) is 0 Å². The minimum atomic E-state index is 0.429. The van der Waals surface area contributed by atoms with E-state index < -0.39 is 0 Å². The van der Waals surface area contributed by atoms with E-state index in [1.807, 2.05) is 0 Å². The quantitative estimate of drug-likeness (QED) is 0.601. The summed E-state index contributed by atoms with van der Waals surface area (Å²) >= 11 is 0. The maximum absolute atomic E-state index is 7.24. The van der Waals surface area contributed by atoms with Crippen molar-refractivity contribution in [3.63, 3.8) is 0 Å². The second kappa shape index (κ2) is 4.28. The average Bonchev–Trinajstić information content (AvgIpc) is 2.16. The van der Waals surface area contributed by atoms with Crippen LogP contribution in [0.1, 0.15) is 50.7 Å². The average molecular weight is 187 g/mol. The molecule has 0 atom stereocenters. The van der Waals surface area contributed by atoms with Gasteiger partial charge in [0.2, 0.25) is 0 Å². The molecule has 0 heterocycles. The van der Waals surface area contributed by atoms with Gasteiger partial charge in [-0.15, -0.1) is 0 Å². The molecule has 0 bridgehead atoms. The van der Waals surface area contributed by atoms with Gasteiger partial charge in [0, 0.05) is 0 Å². The summed E-state index contributed by atoms with van der Waals surface area (Å²) in [6.07, 6.45) is 0. The topological polar surface area (TPSA) is 4.36 Å². The molecule has 0 aliphatic carbocycles. The lowest BCUT2D eigenvalue weighted by molar-refractivity contribution is 0.842. The van der Waals surface area contributed by atoms with Crippen LogP contribution in [-0.2, 0) is 0 Å². The summed E-state index contributed by atoms with van der Waals surface area (Å²) in [5, 5.41) is 0. The Bertz CT molecular complexity index is 330. The highest BCUT2D eigenvalue weighted by atomic mass is 14.7. The molecule has 74 valence electrons. The third kappa shape index (κ3) is 1.96. The van der Waals surface area contributed by atoms with Gasteiger partial charge in [-0.1, -0.05) is 45.9 Å². The summed E-state index contributed by atoms with van der Waals surface area (Å²) in [4.78, 5) is 3.66. The molecule has 0 saturated heterocycles. The van der Waals surface area contributed by atoms with E-state index in [2.05, 4.69) is 50.7 Å². The maximum atomic E-state index is 7.24. The number of nitrogens with zero attached hydrogens (tertiary/aromatic N) is 1. The molecule has 1 nitrogen and oxygen atoms in total. The molecule has 1 heteroatoms. The first-order chi connectivity index (χ1) is 6.57. The van der Waals surface area contributed by atoms with Crippen LogP contribution in [-0.4, -0.2) is 0 Å². The molecule has 0 fully saturated rings. The van der Waals surface area contributed by atoms with E-state index in [1.165, 1.54) is 11.1 Å². The van der Waals surface area contributed by atoms with Crippen molar-refractivity contribution in [1.29, 1.82) is 0 Å². The van der Waals surface area contributed by atoms with Crippen LogP contribution < -0.4 is 0 Å². The number of hydrogen-bond acceptors (Lipinski definition) is 0. The van der Waals surface area contributed by atoms with Crippen LogP contribution in [0.15, 0.2) is 18.2 Å². The van der Waals surface area contributed by atoms with Gasteiger partial charge in [-0.25, -0.2) is 4.85 Å². The molecule has 0 radical (unpaired) electrons. The molecule has 14 heavy (non-hydrogen) atoms. The van der Waals surface area contributed by atoms with Crippen molar-refractivity contribution >= 4 is 5.69 Å². The first-order valence-corrected chi connectivity index (χ1v) is 5.08. The number of benzene rings is 1. The van der Waals surface area contributed by atoms with E-state index in [9.17, 15) is 0 Å². The smallest absolute Gasteiger partial charge is 0.194 e. The van der Waals surface area contributed by atoms with Gasteiger partial charge in [0.05, 0.1) is 6.57 Å². The van der Waals surface area contributed by atoms with Crippen molar-refractivity contribution in [2.45, 2.75) is 39.5 Å². The number of rotatable bonds is 2. The van der Waals surface area contributed by atoms with E-state index in [4.69, 9.17) is 6.57 Å². The zero-order valence-electron chi connectivity index (χ0n) is 9.33. The van der Waals surface area contributed by atoms with Gasteiger partial charge in [0.15, 0.2) is 5.69 Å². The van der Waals surface area contributed by atoms with Crippen LogP contribution in [0.5, 0.6) is 0 Å². The van der Waals surface area contributed by atoms with Crippen molar-refractivity contribution in [2.24, 2.45) is 0 Å². The van der Waals surface area contributed by atoms with Crippen molar-refractivity contribution in [1.82, 2.24) is 0 Å². The molecule has 1 aromatic rings. The van der Waals surface area contributed by atoms with Gasteiger partial charge in [-0.2, -0.15) is 0 Å². The molecule has 0 spiro atoms. The molecule has 0 aliphatic heterocycles. The Morgan fingerprint density at radius 2 is 1.43 bits per heavy atom. The zero-order valence-corrected chi connectivity index (χ0v) is 9.33. The molecule has 0 aliphatic rings. The molecule has 0 amide bonds. The SMILES string of the molecule is [C-]#[N+]c1c(C(C)C)cccc1C(C)C. The van der Waals surface area contributed by atoms with E-state index in [1.54, 1.807) is 0 Å². The van der Waals surface area contributed by atoms with Gasteiger partial charge >= 0.3 is 0 Å². The number of para-hydroxylation sites is 1. The first-order valence-electron chi connectivity index (χ1n) is 5.08. The molecule has 1 aromatic carbocycles. The summed E-state index contributed by atoms with van der Waals surface area (Å²) < 4.78 is 0. The van der Waals surface area contributed by atoms with E-state index >= 15 is 0 Å². The normalized spacial score (nSPS) is 10.6. The predicted molar refractivity (Wildman–Crippen MR) is 60.9 cm³/mol. The van der Waals surface area contributed by atoms with Gasteiger partial charge in [0.25, 0.3) is 0 Å². The fourth-order valence-corrected chi connectivity index (χ4v) is 1.64. The minimum Gasteiger partial charge on any atom is -0.238 e. The van der Waals surface area contributed by atoms with Crippen molar-refractivity contribution in [2.75, 3.05) is 0 Å². The van der Waals surface area contributed by atoms with E-state index in [-0.39, 0.29) is 0 Å². The Morgan fingerprint density at radius 3 is 1.71 bits per heavy atom. The maximum Gasteiger partial charge on any atom is 0.194 e. The molecule has 0 saturated carbocycles. The molecule has 0 aromatic heterocycles. The molecular weight excluding hydrogens is 170 g/mol. The Balaban J connectivity index is 3.34. The third-order valence-electron chi connectivity index (χ3n) is 2.45. The minimum absolute atomic E-state index is 0.429. The Kier molecular flexibility index (Phi) is 3.30. The molecule has 1 rings (SSSR count). The molecule has 0 N–H and O–H groups in total. The van der Waals surface area contributed by atoms with Crippen molar-refractivity contribution in [3.8, 4) is 0 Å². The third-order valence-corrected chi connectivity index (χ3v) is 2.45. The van der Waals surface area contributed by atoms with Gasteiger partial charge in [0.1, 0.15) is 0 Å². The summed E-state index contributed by atoms with van der Waals surface area (Å²) in [5.74, 6) is 0.857. The van der Waals surface area contributed by atoms with E-state index in [0.29, 0.717) is 11.8 Å². The Hall–Kier alpha value is -1.29. The fraction of sp³-hybridized carbons (Fsp3) is 0.462. The van der Waals surface area contributed by atoms with Crippen LogP contribution in [0.25, 0.3) is 4.85 Å². The monoisotopic (exact) mass is 187 g/mol. The lowest BCUT2D eigenvalue weighted by Gasteiger charge is -2.14. The highest BCUT2D eigenvalue weighted by Gasteiger charge is 2.12. The Labute approximate surface area is 86.6 Å². The second-order valence-electron chi connectivity index (χ2n) is 4.21. The fourth-order valence-electron chi connectivity index (χ4n) is 1.64. The van der Waals surface area contributed by atoms with Crippen LogP contribution in [0.2, 0.25) is 0 Å². The lowest BCUT2D eigenvalue weighted by atomic mass is 9.93. The van der Waals surface area contributed by atoms with Gasteiger partial charge in [-0.05, 0) is 23.0 Å². The van der Waals surface area contributed by atoms with Crippen molar-refractivity contribution < 1.29 is 0 Å². The lowest BCUT2D eigenvalue weighted by Crippen LogP contribution is -1.93. The van der Waals surface area contributed by atoms with Gasteiger partial charge in [-0.3, -0.25) is 0 Å². The largest absolute Gasteiger partial charge is 0.238 e. The molecule has 0 unspecified atom stereocenters. The summed E-state index contributed by atoms with van der Waals surface area (Å²) in [5.41, 5.74) is 3.20.